The molecule has 0 unspecified atom stereocenters. The maximum atomic E-state index is 10.6. The van der Waals surface area contributed by atoms with Crippen molar-refractivity contribution >= 4 is 0 Å². The summed E-state index contributed by atoms with van der Waals surface area (Å²) in [6.07, 6.45) is 8.15. The summed E-state index contributed by atoms with van der Waals surface area (Å²) in [7, 11) is 4.21. The number of hydrogen-bond donors (Lipinski definition) is 2. The molecule has 0 amide bonds. The summed E-state index contributed by atoms with van der Waals surface area (Å²) in [4.78, 5) is 2.60. The Morgan fingerprint density at radius 2 is 1.94 bits per heavy atom. The summed E-state index contributed by atoms with van der Waals surface area (Å²) in [5.74, 6) is 0.378. The van der Waals surface area contributed by atoms with Gasteiger partial charge >= 0.3 is 0 Å². The number of ether oxygens (including phenoxy) is 1. The van der Waals surface area contributed by atoms with Crippen molar-refractivity contribution in [1.82, 2.24) is 10.2 Å². The van der Waals surface area contributed by atoms with E-state index in [-0.39, 0.29) is 33.9 Å². The molecule has 7 atom stereocenters. The molecule has 0 aromatic heterocycles. The van der Waals surface area contributed by atoms with Crippen molar-refractivity contribution in [3.63, 3.8) is 0 Å². The van der Waals surface area contributed by atoms with E-state index in [0.717, 1.165) is 25.8 Å². The van der Waals surface area contributed by atoms with E-state index in [1.54, 1.807) is 0 Å². The summed E-state index contributed by atoms with van der Waals surface area (Å²) >= 11 is 0. The fourth-order valence-corrected chi connectivity index (χ4v) is 9.16. The Balaban J connectivity index is 1.55. The zero-order valence-electron chi connectivity index (χ0n) is 19.1. The van der Waals surface area contributed by atoms with Crippen LogP contribution in [0.1, 0.15) is 42.5 Å². The van der Waals surface area contributed by atoms with Crippen LogP contribution in [0.15, 0.2) is 60.7 Å². The molecule has 166 valence electrons. The minimum absolute atomic E-state index is 0.0248. The number of piperidine rings is 1. The Kier molecular flexibility index (Phi) is 3.54. The molecule has 32 heavy (non-hydrogen) atoms. The maximum Gasteiger partial charge on any atom is 0.115 e. The van der Waals surface area contributed by atoms with Gasteiger partial charge in [-0.1, -0.05) is 55.5 Å². The third-order valence-corrected chi connectivity index (χ3v) is 10.3. The molecule has 2 saturated heterocycles. The first-order valence-corrected chi connectivity index (χ1v) is 12.0. The van der Waals surface area contributed by atoms with E-state index in [4.69, 9.17) is 4.74 Å². The van der Waals surface area contributed by atoms with Gasteiger partial charge in [0.2, 0.25) is 0 Å². The van der Waals surface area contributed by atoms with Crippen molar-refractivity contribution in [2.45, 2.75) is 55.3 Å². The third-order valence-electron chi connectivity index (χ3n) is 10.3. The van der Waals surface area contributed by atoms with E-state index in [9.17, 15) is 5.11 Å². The summed E-state index contributed by atoms with van der Waals surface area (Å²) in [6.45, 7) is 3.52. The Morgan fingerprint density at radius 1 is 1.12 bits per heavy atom. The predicted molar refractivity (Wildman–Crippen MR) is 125 cm³/mol. The van der Waals surface area contributed by atoms with Gasteiger partial charge in [-0.3, -0.25) is 0 Å². The Hall–Kier alpha value is -2.14. The highest BCUT2D eigenvalue weighted by Gasteiger charge is 2.81. The molecule has 2 N–H and O–H groups in total. The first-order chi connectivity index (χ1) is 15.4. The predicted octanol–water partition coefficient (Wildman–Crippen LogP) is 3.95. The van der Waals surface area contributed by atoms with Crippen LogP contribution in [0.2, 0.25) is 0 Å². The number of likely N-dealkylation sites (tertiary alicyclic amines) is 1. The minimum Gasteiger partial charge on any atom is -0.508 e. The highest BCUT2D eigenvalue weighted by Crippen LogP contribution is 2.77. The first-order valence-electron chi connectivity index (χ1n) is 12.0. The molecule has 2 aromatic rings. The van der Waals surface area contributed by atoms with Gasteiger partial charge in [0.25, 0.3) is 0 Å². The Morgan fingerprint density at radius 3 is 2.72 bits per heavy atom. The van der Waals surface area contributed by atoms with Crippen LogP contribution < -0.4 is 5.32 Å². The monoisotopic (exact) mass is 428 g/mol. The van der Waals surface area contributed by atoms with Gasteiger partial charge in [0.1, 0.15) is 11.4 Å². The van der Waals surface area contributed by atoms with Gasteiger partial charge in [-0.05, 0) is 61.7 Å². The molecule has 2 aromatic carbocycles. The summed E-state index contributed by atoms with van der Waals surface area (Å²) in [5.41, 5.74) is 3.58. The van der Waals surface area contributed by atoms with Crippen LogP contribution in [-0.4, -0.2) is 48.4 Å². The van der Waals surface area contributed by atoms with E-state index in [2.05, 4.69) is 78.8 Å². The lowest BCUT2D eigenvalue weighted by Gasteiger charge is -2.73. The van der Waals surface area contributed by atoms with Crippen molar-refractivity contribution in [3.8, 4) is 5.75 Å². The summed E-state index contributed by atoms with van der Waals surface area (Å²) in [6, 6.07) is 17.9. The van der Waals surface area contributed by atoms with E-state index >= 15 is 0 Å². The van der Waals surface area contributed by atoms with E-state index in [0.29, 0.717) is 11.8 Å². The number of hydrogen-bond acceptors (Lipinski definition) is 4. The largest absolute Gasteiger partial charge is 0.508 e. The normalized spacial score (nSPS) is 45.5. The lowest BCUT2D eigenvalue weighted by molar-refractivity contribution is -0.192. The van der Waals surface area contributed by atoms with Crippen molar-refractivity contribution in [3.05, 3.63) is 77.4 Å². The molecule has 2 aliphatic heterocycles. The van der Waals surface area contributed by atoms with Crippen LogP contribution in [0.25, 0.3) is 0 Å². The second-order valence-corrected chi connectivity index (χ2v) is 11.2. The fourth-order valence-electron chi connectivity index (χ4n) is 9.16. The molecule has 8 rings (SSSR count). The smallest absolute Gasteiger partial charge is 0.115 e. The second-order valence-electron chi connectivity index (χ2n) is 11.2. The minimum atomic E-state index is -0.379. The molecule has 4 nitrogen and oxygen atoms in total. The zero-order valence-corrected chi connectivity index (χ0v) is 19.1. The van der Waals surface area contributed by atoms with Crippen molar-refractivity contribution in [2.75, 3.05) is 20.7 Å². The number of benzene rings is 2. The average Bonchev–Trinajstić information content (AvgIpc) is 3.02. The topological polar surface area (TPSA) is 44.7 Å². The number of phenolic OH excluding ortho intramolecular Hbond substituents is 1. The van der Waals surface area contributed by atoms with Crippen LogP contribution >= 0.6 is 0 Å². The summed E-state index contributed by atoms with van der Waals surface area (Å²) in [5, 5.41) is 14.8. The molecule has 4 aliphatic carbocycles. The first kappa shape index (κ1) is 19.3. The Bertz CT molecular complexity index is 1150. The molecule has 3 fully saturated rings. The van der Waals surface area contributed by atoms with Gasteiger partial charge in [0.05, 0.1) is 6.04 Å². The standard InChI is InChI=1S/C28H32N2O2/c1-25-17-26-11-12-28(25,32-3)24(29-23(25)18-7-5-4-6-8-18)27(26)13-14-30(2)22(26)15-19-9-10-20(31)16-21(19)27/h4-12,16,22-24,29,31H,13-15,17H2,1-3H3/t22-,23-,24+,25-,26-,27+,28-/m1/s1. The lowest BCUT2D eigenvalue weighted by atomic mass is 9.34. The number of fused-ring (bicyclic) bond motifs is 1. The fraction of sp³-hybridized carbons (Fsp3) is 0.500. The number of phenols is 1. The van der Waals surface area contributed by atoms with Gasteiger partial charge in [-0.15, -0.1) is 0 Å². The van der Waals surface area contributed by atoms with Gasteiger partial charge < -0.3 is 20.1 Å². The molecule has 1 saturated carbocycles. The molecular weight excluding hydrogens is 396 g/mol. The molecule has 2 heterocycles. The molecule has 6 aliphatic rings. The Labute approximate surface area is 190 Å². The van der Waals surface area contributed by atoms with E-state index in [1.807, 2.05) is 13.2 Å². The maximum absolute atomic E-state index is 10.6. The summed E-state index contributed by atoms with van der Waals surface area (Å²) < 4.78 is 6.59. The number of nitrogens with one attached hydrogen (secondary N) is 1. The SMILES string of the molecule is CO[C@@]12C=C[C@]34C[C@]1(C)[C@@H](c1ccccc1)N[C@H]2[C@@]31CCN(C)[C@@H]4Cc2ccc(O)cc21. The van der Waals surface area contributed by atoms with Crippen LogP contribution in [0.4, 0.5) is 0 Å². The molecule has 0 radical (unpaired) electrons. The van der Waals surface area contributed by atoms with Gasteiger partial charge in [-0.25, -0.2) is 0 Å². The van der Waals surface area contributed by atoms with E-state index in [1.165, 1.54) is 16.7 Å². The average molecular weight is 429 g/mol. The van der Waals surface area contributed by atoms with Crippen LogP contribution in [0, 0.1) is 10.8 Å². The quantitative estimate of drug-likeness (QED) is 0.711. The van der Waals surface area contributed by atoms with Crippen molar-refractivity contribution < 1.29 is 9.84 Å². The lowest BCUT2D eigenvalue weighted by Crippen LogP contribution is -2.80. The van der Waals surface area contributed by atoms with Gasteiger partial charge in [0.15, 0.2) is 0 Å². The van der Waals surface area contributed by atoms with Crippen molar-refractivity contribution in [1.29, 1.82) is 0 Å². The highest BCUT2D eigenvalue weighted by molar-refractivity contribution is 5.57. The number of nitrogens with zero attached hydrogens (tertiary/aromatic N) is 1. The number of aromatic hydroxyl groups is 1. The zero-order chi connectivity index (χ0) is 21.9. The molecule has 4 heteroatoms. The molecular formula is C28H32N2O2. The van der Waals surface area contributed by atoms with Crippen LogP contribution in [-0.2, 0) is 16.6 Å². The van der Waals surface area contributed by atoms with Crippen LogP contribution in [0.3, 0.4) is 0 Å². The number of rotatable bonds is 2. The highest BCUT2D eigenvalue weighted by atomic mass is 16.5. The molecule has 1 spiro atoms. The molecule has 6 bridgehead atoms. The van der Waals surface area contributed by atoms with E-state index < -0.39 is 0 Å². The van der Waals surface area contributed by atoms with Gasteiger partial charge in [-0.2, -0.15) is 0 Å². The second kappa shape index (κ2) is 5.85. The van der Waals surface area contributed by atoms with Crippen LogP contribution in [0.5, 0.6) is 5.75 Å². The third kappa shape index (κ3) is 1.83. The van der Waals surface area contributed by atoms with Crippen molar-refractivity contribution in [2.24, 2.45) is 10.8 Å². The number of likely N-dealkylation sites (N-methyl/N-ethyl adjacent to an activating group) is 1. The number of methoxy groups -OCH3 is 1. The van der Waals surface area contributed by atoms with Gasteiger partial charge in [0, 0.05) is 35.4 Å².